The molecule has 1 aromatic rings. The van der Waals surface area contributed by atoms with Crippen LogP contribution in [0.5, 0.6) is 0 Å². The lowest BCUT2D eigenvalue weighted by Crippen LogP contribution is -1.85. The Balaban J connectivity index is 2.32. The number of carbonyl (C=O) groups is 1. The molecule has 13 heavy (non-hydrogen) atoms. The number of carbonyl (C=O) groups excluding carboxylic acids is 1. The zero-order valence-corrected chi connectivity index (χ0v) is 8.64. The van der Waals surface area contributed by atoms with E-state index in [2.05, 4.69) is 31.2 Å². The largest absolute Gasteiger partial charge is 0.303 e. The van der Waals surface area contributed by atoms with Crippen LogP contribution in [-0.2, 0) is 10.5 Å². The highest BCUT2D eigenvalue weighted by Crippen LogP contribution is 2.13. The minimum absolute atomic E-state index is 0.663. The van der Waals surface area contributed by atoms with Gasteiger partial charge in [0.15, 0.2) is 0 Å². The average molecular weight is 194 g/mol. The summed E-state index contributed by atoms with van der Waals surface area (Å²) in [6.07, 6.45) is 1.64. The van der Waals surface area contributed by atoms with Crippen LogP contribution < -0.4 is 0 Å². The lowest BCUT2D eigenvalue weighted by atomic mass is 10.2. The van der Waals surface area contributed by atoms with Crippen LogP contribution in [0, 0.1) is 6.92 Å². The summed E-state index contributed by atoms with van der Waals surface area (Å²) < 4.78 is 0. The zero-order chi connectivity index (χ0) is 9.52. The van der Waals surface area contributed by atoms with Crippen molar-refractivity contribution >= 4 is 18.0 Å². The minimum Gasteiger partial charge on any atom is -0.303 e. The van der Waals surface area contributed by atoms with Gasteiger partial charge in [0.05, 0.1) is 0 Å². The van der Waals surface area contributed by atoms with E-state index in [1.54, 1.807) is 0 Å². The number of benzene rings is 1. The number of rotatable bonds is 5. The maximum absolute atomic E-state index is 10.1. The Morgan fingerprint density at radius 1 is 1.46 bits per heavy atom. The van der Waals surface area contributed by atoms with E-state index in [1.807, 2.05) is 11.8 Å². The second kappa shape index (κ2) is 5.81. The van der Waals surface area contributed by atoms with Crippen molar-refractivity contribution in [2.24, 2.45) is 0 Å². The van der Waals surface area contributed by atoms with Crippen molar-refractivity contribution < 1.29 is 4.79 Å². The Morgan fingerprint density at radius 3 is 3.00 bits per heavy atom. The summed E-state index contributed by atoms with van der Waals surface area (Å²) >= 11 is 1.81. The van der Waals surface area contributed by atoms with Gasteiger partial charge >= 0.3 is 0 Å². The monoisotopic (exact) mass is 194 g/mol. The average Bonchev–Trinajstić information content (AvgIpc) is 2.13. The third kappa shape index (κ3) is 4.13. The fraction of sp³-hybridized carbons (Fsp3) is 0.364. The van der Waals surface area contributed by atoms with Crippen LogP contribution in [0.15, 0.2) is 24.3 Å². The normalized spacial score (nSPS) is 9.92. The van der Waals surface area contributed by atoms with Gasteiger partial charge in [-0.25, -0.2) is 0 Å². The first-order valence-corrected chi connectivity index (χ1v) is 5.55. The number of hydrogen-bond acceptors (Lipinski definition) is 2. The molecule has 0 aliphatic heterocycles. The fourth-order valence-electron chi connectivity index (χ4n) is 1.12. The molecular weight excluding hydrogens is 180 g/mol. The Kier molecular flexibility index (Phi) is 4.61. The van der Waals surface area contributed by atoms with Crippen molar-refractivity contribution in [3.8, 4) is 0 Å². The van der Waals surface area contributed by atoms with Gasteiger partial charge in [-0.3, -0.25) is 0 Å². The topological polar surface area (TPSA) is 17.1 Å². The van der Waals surface area contributed by atoms with E-state index in [0.29, 0.717) is 6.42 Å². The Hall–Kier alpha value is -0.760. The summed E-state index contributed by atoms with van der Waals surface area (Å²) in [5.41, 5.74) is 2.64. The summed E-state index contributed by atoms with van der Waals surface area (Å²) in [5.74, 6) is 1.94. The molecule has 0 aromatic heterocycles. The molecule has 0 amide bonds. The van der Waals surface area contributed by atoms with Gasteiger partial charge in [-0.15, -0.1) is 0 Å². The van der Waals surface area contributed by atoms with E-state index >= 15 is 0 Å². The second-order valence-electron chi connectivity index (χ2n) is 3.00. The van der Waals surface area contributed by atoms with Crippen LogP contribution in [0.4, 0.5) is 0 Å². The molecule has 0 radical (unpaired) electrons. The van der Waals surface area contributed by atoms with E-state index < -0.39 is 0 Å². The fourth-order valence-corrected chi connectivity index (χ4v) is 1.95. The summed E-state index contributed by atoms with van der Waals surface area (Å²) in [4.78, 5) is 10.1. The van der Waals surface area contributed by atoms with E-state index in [1.165, 1.54) is 11.1 Å². The number of thioether (sulfide) groups is 1. The van der Waals surface area contributed by atoms with E-state index in [9.17, 15) is 4.79 Å². The SMILES string of the molecule is Cc1cccc(CSCCC=O)c1. The molecule has 0 saturated heterocycles. The van der Waals surface area contributed by atoms with Crippen molar-refractivity contribution in [1.82, 2.24) is 0 Å². The van der Waals surface area contributed by atoms with E-state index in [4.69, 9.17) is 0 Å². The molecule has 0 aliphatic carbocycles. The third-order valence-electron chi connectivity index (χ3n) is 1.73. The van der Waals surface area contributed by atoms with Crippen molar-refractivity contribution in [2.45, 2.75) is 19.1 Å². The van der Waals surface area contributed by atoms with Gasteiger partial charge in [-0.1, -0.05) is 29.8 Å². The van der Waals surface area contributed by atoms with Gasteiger partial charge in [-0.2, -0.15) is 11.8 Å². The standard InChI is InChI=1S/C11H14OS/c1-10-4-2-5-11(8-10)9-13-7-3-6-12/h2,4-6,8H,3,7,9H2,1H3. The molecule has 0 unspecified atom stereocenters. The van der Waals surface area contributed by atoms with Crippen molar-refractivity contribution in [3.05, 3.63) is 35.4 Å². The number of hydrogen-bond donors (Lipinski definition) is 0. The molecule has 0 spiro atoms. The highest BCUT2D eigenvalue weighted by molar-refractivity contribution is 7.98. The predicted molar refractivity (Wildman–Crippen MR) is 58.0 cm³/mol. The second-order valence-corrected chi connectivity index (χ2v) is 4.10. The quantitative estimate of drug-likeness (QED) is 0.529. The Morgan fingerprint density at radius 2 is 2.31 bits per heavy atom. The molecule has 0 fully saturated rings. The molecule has 1 nitrogen and oxygen atoms in total. The lowest BCUT2D eigenvalue weighted by molar-refractivity contribution is -0.107. The molecule has 0 atom stereocenters. The number of aldehydes is 1. The van der Waals surface area contributed by atoms with E-state index in [0.717, 1.165) is 17.8 Å². The van der Waals surface area contributed by atoms with Crippen LogP contribution >= 0.6 is 11.8 Å². The van der Waals surface area contributed by atoms with Crippen LogP contribution in [0.3, 0.4) is 0 Å². The molecule has 0 bridgehead atoms. The van der Waals surface area contributed by atoms with Gasteiger partial charge in [-0.05, 0) is 12.5 Å². The smallest absolute Gasteiger partial charge is 0.120 e. The molecule has 0 aliphatic rings. The first-order valence-electron chi connectivity index (χ1n) is 4.40. The summed E-state index contributed by atoms with van der Waals surface area (Å²) in [6, 6.07) is 8.49. The molecule has 0 N–H and O–H groups in total. The predicted octanol–water partition coefficient (Wildman–Crippen LogP) is 2.82. The summed E-state index contributed by atoms with van der Waals surface area (Å²) in [6.45, 7) is 2.10. The first kappa shape index (κ1) is 10.3. The molecular formula is C11H14OS. The lowest BCUT2D eigenvalue weighted by Gasteiger charge is -2.00. The Bertz CT molecular complexity index is 271. The van der Waals surface area contributed by atoms with Gasteiger partial charge in [0.25, 0.3) is 0 Å². The van der Waals surface area contributed by atoms with Gasteiger partial charge < -0.3 is 4.79 Å². The van der Waals surface area contributed by atoms with Gasteiger partial charge in [0, 0.05) is 17.9 Å². The highest BCUT2D eigenvalue weighted by atomic mass is 32.2. The van der Waals surface area contributed by atoms with Crippen molar-refractivity contribution in [1.29, 1.82) is 0 Å². The van der Waals surface area contributed by atoms with Gasteiger partial charge in [0.2, 0.25) is 0 Å². The van der Waals surface area contributed by atoms with Gasteiger partial charge in [0.1, 0.15) is 6.29 Å². The van der Waals surface area contributed by atoms with Crippen molar-refractivity contribution in [3.63, 3.8) is 0 Å². The van der Waals surface area contributed by atoms with Crippen LogP contribution in [0.1, 0.15) is 17.5 Å². The summed E-state index contributed by atoms with van der Waals surface area (Å²) in [5, 5.41) is 0. The number of aryl methyl sites for hydroxylation is 1. The maximum Gasteiger partial charge on any atom is 0.120 e. The van der Waals surface area contributed by atoms with Crippen LogP contribution in [-0.4, -0.2) is 12.0 Å². The molecule has 1 rings (SSSR count). The molecule has 1 aromatic carbocycles. The maximum atomic E-state index is 10.1. The van der Waals surface area contributed by atoms with E-state index in [-0.39, 0.29) is 0 Å². The molecule has 70 valence electrons. The van der Waals surface area contributed by atoms with Crippen LogP contribution in [0.25, 0.3) is 0 Å². The molecule has 2 heteroatoms. The minimum atomic E-state index is 0.663. The third-order valence-corrected chi connectivity index (χ3v) is 2.79. The molecule has 0 saturated carbocycles. The van der Waals surface area contributed by atoms with Crippen LogP contribution in [0.2, 0.25) is 0 Å². The zero-order valence-electron chi connectivity index (χ0n) is 7.82. The Labute approximate surface area is 83.5 Å². The first-order chi connectivity index (χ1) is 6.33. The summed E-state index contributed by atoms with van der Waals surface area (Å²) in [7, 11) is 0. The van der Waals surface area contributed by atoms with Crippen molar-refractivity contribution in [2.75, 3.05) is 5.75 Å². The highest BCUT2D eigenvalue weighted by Gasteiger charge is 1.93. The molecule has 0 heterocycles.